The van der Waals surface area contributed by atoms with E-state index in [1.165, 1.54) is 0 Å². The second-order valence-corrected chi connectivity index (χ2v) is 4.01. The van der Waals surface area contributed by atoms with Crippen molar-refractivity contribution in [2.75, 3.05) is 7.11 Å². The van der Waals surface area contributed by atoms with Gasteiger partial charge in [0.1, 0.15) is 5.75 Å². The Hall–Kier alpha value is -1.55. The van der Waals surface area contributed by atoms with Gasteiger partial charge in [0.15, 0.2) is 0 Å². The Balaban J connectivity index is 2.69. The largest absolute Gasteiger partial charge is 0.496 e. The highest BCUT2D eigenvalue weighted by molar-refractivity contribution is 5.80. The number of carbonyl (C=O) groups excluding carboxylic acids is 1. The Morgan fingerprint density at radius 3 is 2.76 bits per heavy atom. The summed E-state index contributed by atoms with van der Waals surface area (Å²) in [6.07, 6.45) is 0.901. The number of amides is 1. The number of nitrogens with one attached hydrogen (secondary N) is 1. The fraction of sp³-hybridized carbons (Fsp3) is 0.462. The first kappa shape index (κ1) is 13.5. The van der Waals surface area contributed by atoms with E-state index in [2.05, 4.69) is 12.2 Å². The Bertz CT molecular complexity index is 389. The first-order chi connectivity index (χ1) is 8.08. The summed E-state index contributed by atoms with van der Waals surface area (Å²) >= 11 is 0. The maximum absolute atomic E-state index is 11.3. The molecule has 0 bridgehead atoms. The van der Waals surface area contributed by atoms with Crippen molar-refractivity contribution in [3.8, 4) is 5.75 Å². The number of aryl methyl sites for hydroxylation is 1. The Labute approximate surface area is 102 Å². The van der Waals surface area contributed by atoms with Crippen molar-refractivity contribution < 1.29 is 9.53 Å². The van der Waals surface area contributed by atoms with Gasteiger partial charge in [-0.05, 0) is 30.5 Å². The summed E-state index contributed by atoms with van der Waals surface area (Å²) in [5, 5.41) is 2.78. The average Bonchev–Trinajstić information content (AvgIpc) is 2.35. The molecule has 3 N–H and O–H groups in total. The summed E-state index contributed by atoms with van der Waals surface area (Å²) in [7, 11) is 1.66. The molecule has 4 heteroatoms. The van der Waals surface area contributed by atoms with Gasteiger partial charge in [0.05, 0.1) is 13.2 Å². The van der Waals surface area contributed by atoms with Gasteiger partial charge >= 0.3 is 0 Å². The lowest BCUT2D eigenvalue weighted by atomic mass is 10.1. The highest BCUT2D eigenvalue weighted by Gasteiger charge is 2.07. The van der Waals surface area contributed by atoms with Crippen LogP contribution in [0.5, 0.6) is 5.75 Å². The van der Waals surface area contributed by atoms with Gasteiger partial charge in [0, 0.05) is 6.54 Å². The number of rotatable bonds is 5. The normalized spacial score (nSPS) is 12.0. The van der Waals surface area contributed by atoms with Crippen LogP contribution in [0.4, 0.5) is 0 Å². The highest BCUT2D eigenvalue weighted by atomic mass is 16.5. The topological polar surface area (TPSA) is 64.4 Å². The van der Waals surface area contributed by atoms with Crippen LogP contribution in [0.15, 0.2) is 18.2 Å². The third kappa shape index (κ3) is 3.75. The van der Waals surface area contributed by atoms with E-state index in [0.717, 1.165) is 23.3 Å². The number of hydrogen-bond donors (Lipinski definition) is 2. The molecule has 17 heavy (non-hydrogen) atoms. The molecule has 0 heterocycles. The first-order valence-corrected chi connectivity index (χ1v) is 5.77. The third-order valence-corrected chi connectivity index (χ3v) is 2.61. The molecular weight excluding hydrogens is 216 g/mol. The number of benzene rings is 1. The van der Waals surface area contributed by atoms with Crippen molar-refractivity contribution in [1.29, 1.82) is 0 Å². The van der Waals surface area contributed by atoms with Crippen LogP contribution >= 0.6 is 0 Å². The zero-order valence-electron chi connectivity index (χ0n) is 10.6. The lowest BCUT2D eigenvalue weighted by Crippen LogP contribution is -2.37. The highest BCUT2D eigenvalue weighted by Crippen LogP contribution is 2.20. The third-order valence-electron chi connectivity index (χ3n) is 2.61. The van der Waals surface area contributed by atoms with Crippen molar-refractivity contribution in [3.05, 3.63) is 29.3 Å². The predicted octanol–water partition coefficient (Wildman–Crippen LogP) is 1.22. The molecule has 0 aliphatic carbocycles. The van der Waals surface area contributed by atoms with Gasteiger partial charge < -0.3 is 15.8 Å². The minimum absolute atomic E-state index is 0.140. The molecule has 1 aromatic rings. The molecule has 0 spiro atoms. The van der Waals surface area contributed by atoms with Crippen LogP contribution in [0.1, 0.15) is 25.0 Å². The van der Waals surface area contributed by atoms with Crippen LogP contribution in [0.2, 0.25) is 0 Å². The molecule has 1 rings (SSSR count). The van der Waals surface area contributed by atoms with E-state index in [9.17, 15) is 4.79 Å². The summed E-state index contributed by atoms with van der Waals surface area (Å²) in [5.74, 6) is 0.744. The second kappa shape index (κ2) is 6.25. The van der Waals surface area contributed by atoms with Crippen LogP contribution in [0.3, 0.4) is 0 Å². The van der Waals surface area contributed by atoms with Crippen molar-refractivity contribution in [3.63, 3.8) is 0 Å². The summed E-state index contributed by atoms with van der Waals surface area (Å²) in [5.41, 5.74) is 7.66. The zero-order chi connectivity index (χ0) is 12.8. The molecule has 1 aromatic carbocycles. The summed E-state index contributed by atoms with van der Waals surface area (Å²) in [6, 6.07) is 5.44. The van der Waals surface area contributed by atoms with Gasteiger partial charge in [-0.2, -0.15) is 0 Å². The van der Waals surface area contributed by atoms with Crippen LogP contribution in [0, 0.1) is 0 Å². The number of nitrogens with two attached hydrogens (primary N) is 1. The van der Waals surface area contributed by atoms with Gasteiger partial charge in [-0.15, -0.1) is 0 Å². The van der Waals surface area contributed by atoms with E-state index in [1.54, 1.807) is 14.0 Å². The molecule has 4 nitrogen and oxygen atoms in total. The van der Waals surface area contributed by atoms with Crippen molar-refractivity contribution in [2.24, 2.45) is 5.73 Å². The first-order valence-electron chi connectivity index (χ1n) is 5.77. The van der Waals surface area contributed by atoms with E-state index < -0.39 is 6.04 Å². The maximum atomic E-state index is 11.3. The predicted molar refractivity (Wildman–Crippen MR) is 67.9 cm³/mol. The molecular formula is C13H20N2O2. The monoisotopic (exact) mass is 236 g/mol. The van der Waals surface area contributed by atoms with Gasteiger partial charge in [0.2, 0.25) is 5.91 Å². The van der Waals surface area contributed by atoms with Crippen LogP contribution in [-0.2, 0) is 17.8 Å². The van der Waals surface area contributed by atoms with Gasteiger partial charge in [-0.3, -0.25) is 4.79 Å². The molecule has 0 saturated heterocycles. The fourth-order valence-corrected chi connectivity index (χ4v) is 1.57. The van der Waals surface area contributed by atoms with Gasteiger partial charge in [-0.25, -0.2) is 0 Å². The van der Waals surface area contributed by atoms with E-state index in [4.69, 9.17) is 10.5 Å². The molecule has 1 atom stereocenters. The maximum Gasteiger partial charge on any atom is 0.236 e. The minimum atomic E-state index is -0.473. The molecule has 0 aliphatic heterocycles. The van der Waals surface area contributed by atoms with Crippen molar-refractivity contribution in [1.82, 2.24) is 5.32 Å². The number of methoxy groups -OCH3 is 1. The molecule has 0 fully saturated rings. The minimum Gasteiger partial charge on any atom is -0.496 e. The van der Waals surface area contributed by atoms with Crippen molar-refractivity contribution in [2.45, 2.75) is 32.9 Å². The van der Waals surface area contributed by atoms with Gasteiger partial charge in [0.25, 0.3) is 0 Å². The quantitative estimate of drug-likeness (QED) is 0.808. The SMILES string of the molecule is CCc1cc(CNC(=O)C(C)N)ccc1OC. The van der Waals surface area contributed by atoms with E-state index in [-0.39, 0.29) is 5.91 Å². The number of carbonyl (C=O) groups is 1. The Morgan fingerprint density at radius 1 is 1.53 bits per heavy atom. The lowest BCUT2D eigenvalue weighted by molar-refractivity contribution is -0.122. The van der Waals surface area contributed by atoms with E-state index >= 15 is 0 Å². The second-order valence-electron chi connectivity index (χ2n) is 4.01. The number of ether oxygens (including phenoxy) is 1. The lowest BCUT2D eigenvalue weighted by Gasteiger charge is -2.11. The fourth-order valence-electron chi connectivity index (χ4n) is 1.57. The molecule has 0 aliphatic rings. The standard InChI is InChI=1S/C13H20N2O2/c1-4-11-7-10(5-6-12(11)17-3)8-15-13(16)9(2)14/h5-7,9H,4,8,14H2,1-3H3,(H,15,16). The molecule has 1 amide bonds. The zero-order valence-corrected chi connectivity index (χ0v) is 10.6. The summed E-state index contributed by atoms with van der Waals surface area (Å²) in [6.45, 7) is 4.24. The molecule has 94 valence electrons. The summed E-state index contributed by atoms with van der Waals surface area (Å²) in [4.78, 5) is 11.3. The van der Waals surface area contributed by atoms with Crippen LogP contribution < -0.4 is 15.8 Å². The van der Waals surface area contributed by atoms with Crippen LogP contribution in [-0.4, -0.2) is 19.1 Å². The number of hydrogen-bond acceptors (Lipinski definition) is 3. The smallest absolute Gasteiger partial charge is 0.236 e. The Morgan fingerprint density at radius 2 is 2.24 bits per heavy atom. The molecule has 1 unspecified atom stereocenters. The van der Waals surface area contributed by atoms with Crippen molar-refractivity contribution >= 4 is 5.91 Å². The summed E-state index contributed by atoms with van der Waals surface area (Å²) < 4.78 is 5.25. The molecule has 0 aromatic heterocycles. The average molecular weight is 236 g/mol. The van der Waals surface area contributed by atoms with E-state index in [1.807, 2.05) is 18.2 Å². The molecule has 0 radical (unpaired) electrons. The van der Waals surface area contributed by atoms with Gasteiger partial charge in [-0.1, -0.05) is 19.1 Å². The molecule has 0 saturated carbocycles. The van der Waals surface area contributed by atoms with E-state index in [0.29, 0.717) is 6.54 Å². The van der Waals surface area contributed by atoms with Crippen LogP contribution in [0.25, 0.3) is 0 Å². The Kier molecular flexibility index (Phi) is 4.97.